The Balaban J connectivity index is 1.91. The van der Waals surface area contributed by atoms with Gasteiger partial charge in [0.05, 0.1) is 20.6 Å². The number of methoxy groups -OCH3 is 2. The number of carbonyl (C=O) groups is 2. The van der Waals surface area contributed by atoms with E-state index in [2.05, 4.69) is 4.74 Å². The Bertz CT molecular complexity index is 551. The molecule has 0 atom stereocenters. The second-order valence-corrected chi connectivity index (χ2v) is 5.32. The summed E-state index contributed by atoms with van der Waals surface area (Å²) in [5, 5.41) is 0. The van der Waals surface area contributed by atoms with Crippen LogP contribution in [0.2, 0.25) is 0 Å². The largest absolute Gasteiger partial charge is 0.496 e. The lowest BCUT2D eigenvalue weighted by atomic mass is 10.1. The van der Waals surface area contributed by atoms with Gasteiger partial charge in [0.2, 0.25) is 5.91 Å². The number of carbonyl (C=O) groups excluding carboxylic acids is 2. The first-order chi connectivity index (χ1) is 10.5. The number of hydrogen-bond acceptors (Lipinski definition) is 4. The molecule has 1 aromatic rings. The molecule has 0 bridgehead atoms. The first-order valence-corrected chi connectivity index (χ1v) is 7.29. The van der Waals surface area contributed by atoms with E-state index < -0.39 is 0 Å². The maximum absolute atomic E-state index is 12.3. The van der Waals surface area contributed by atoms with Crippen LogP contribution in [0.5, 0.6) is 5.75 Å². The Hall–Kier alpha value is -2.24. The number of rotatable bonds is 3. The topological polar surface area (TPSA) is 59.1 Å². The second-order valence-electron chi connectivity index (χ2n) is 5.32. The summed E-state index contributed by atoms with van der Waals surface area (Å²) in [6.07, 6.45) is 0.0288. The molecule has 2 amide bonds. The molecular weight excluding hydrogens is 284 g/mol. The lowest BCUT2D eigenvalue weighted by Gasteiger charge is -2.33. The average molecular weight is 306 g/mol. The van der Waals surface area contributed by atoms with Crippen LogP contribution in [0.3, 0.4) is 0 Å². The molecular formula is C16H22N2O4. The van der Waals surface area contributed by atoms with Crippen molar-refractivity contribution in [3.05, 3.63) is 29.3 Å². The fourth-order valence-corrected chi connectivity index (χ4v) is 2.60. The van der Waals surface area contributed by atoms with Gasteiger partial charge in [0.1, 0.15) is 5.75 Å². The van der Waals surface area contributed by atoms with Crippen molar-refractivity contribution in [2.24, 2.45) is 0 Å². The summed E-state index contributed by atoms with van der Waals surface area (Å²) in [4.78, 5) is 27.2. The summed E-state index contributed by atoms with van der Waals surface area (Å²) >= 11 is 0. The van der Waals surface area contributed by atoms with Gasteiger partial charge in [0.25, 0.3) is 0 Å². The first kappa shape index (κ1) is 16.1. The number of nitrogens with zero attached hydrogens (tertiary/aromatic N) is 2. The first-order valence-electron chi connectivity index (χ1n) is 7.29. The van der Waals surface area contributed by atoms with Crippen LogP contribution in [0.1, 0.15) is 11.1 Å². The molecule has 1 fully saturated rings. The molecule has 6 heteroatoms. The van der Waals surface area contributed by atoms with Gasteiger partial charge in [-0.2, -0.15) is 0 Å². The van der Waals surface area contributed by atoms with Crippen molar-refractivity contribution in [1.82, 2.24) is 9.80 Å². The number of amides is 2. The Morgan fingerprint density at radius 3 is 2.27 bits per heavy atom. The van der Waals surface area contributed by atoms with Gasteiger partial charge in [-0.3, -0.25) is 4.79 Å². The van der Waals surface area contributed by atoms with E-state index in [1.165, 1.54) is 7.11 Å². The highest BCUT2D eigenvalue weighted by Gasteiger charge is 2.24. The normalized spacial score (nSPS) is 14.7. The van der Waals surface area contributed by atoms with Gasteiger partial charge in [0.15, 0.2) is 0 Å². The molecule has 2 rings (SSSR count). The highest BCUT2D eigenvalue weighted by Crippen LogP contribution is 2.19. The van der Waals surface area contributed by atoms with Gasteiger partial charge < -0.3 is 19.3 Å². The van der Waals surface area contributed by atoms with E-state index in [4.69, 9.17) is 4.74 Å². The molecule has 0 saturated carbocycles. The predicted molar refractivity (Wildman–Crippen MR) is 82.0 cm³/mol. The van der Waals surface area contributed by atoms with E-state index in [0.29, 0.717) is 32.6 Å². The Morgan fingerprint density at radius 2 is 1.73 bits per heavy atom. The number of benzene rings is 1. The highest BCUT2D eigenvalue weighted by molar-refractivity contribution is 5.79. The van der Waals surface area contributed by atoms with Crippen LogP contribution < -0.4 is 4.74 Å². The van der Waals surface area contributed by atoms with Crippen molar-refractivity contribution in [2.75, 3.05) is 40.4 Å². The molecule has 1 aromatic carbocycles. The maximum atomic E-state index is 12.3. The fourth-order valence-electron chi connectivity index (χ4n) is 2.60. The zero-order chi connectivity index (χ0) is 16.1. The zero-order valence-electron chi connectivity index (χ0n) is 13.3. The second kappa shape index (κ2) is 7.15. The van der Waals surface area contributed by atoms with E-state index in [9.17, 15) is 9.59 Å². The summed E-state index contributed by atoms with van der Waals surface area (Å²) < 4.78 is 9.91. The molecule has 6 nitrogen and oxygen atoms in total. The monoisotopic (exact) mass is 306 g/mol. The third-order valence-electron chi connectivity index (χ3n) is 3.88. The van der Waals surface area contributed by atoms with Crippen LogP contribution in [0, 0.1) is 6.92 Å². The molecule has 1 aliphatic heterocycles. The van der Waals surface area contributed by atoms with Gasteiger partial charge in [0, 0.05) is 26.2 Å². The number of piperazine rings is 1. The molecule has 0 spiro atoms. The number of hydrogen-bond donors (Lipinski definition) is 0. The maximum Gasteiger partial charge on any atom is 0.409 e. The van der Waals surface area contributed by atoms with Crippen LogP contribution in [-0.2, 0) is 16.0 Å². The lowest BCUT2D eigenvalue weighted by Crippen LogP contribution is -2.50. The van der Waals surface area contributed by atoms with Crippen molar-refractivity contribution >= 4 is 12.0 Å². The van der Waals surface area contributed by atoms with E-state index in [1.54, 1.807) is 16.9 Å². The lowest BCUT2D eigenvalue weighted by molar-refractivity contribution is -0.132. The quantitative estimate of drug-likeness (QED) is 0.848. The summed E-state index contributed by atoms with van der Waals surface area (Å²) in [7, 11) is 3.00. The van der Waals surface area contributed by atoms with E-state index in [0.717, 1.165) is 16.9 Å². The molecule has 0 aromatic heterocycles. The van der Waals surface area contributed by atoms with Crippen LogP contribution in [0.4, 0.5) is 4.79 Å². The van der Waals surface area contributed by atoms with Crippen LogP contribution in [0.25, 0.3) is 0 Å². The van der Waals surface area contributed by atoms with Crippen molar-refractivity contribution < 1.29 is 19.1 Å². The Morgan fingerprint density at radius 1 is 1.09 bits per heavy atom. The van der Waals surface area contributed by atoms with Gasteiger partial charge in [-0.05, 0) is 24.1 Å². The summed E-state index contributed by atoms with van der Waals surface area (Å²) in [6.45, 7) is 4.08. The third-order valence-corrected chi connectivity index (χ3v) is 3.88. The highest BCUT2D eigenvalue weighted by atomic mass is 16.5. The van der Waals surface area contributed by atoms with Crippen molar-refractivity contribution in [3.63, 3.8) is 0 Å². The van der Waals surface area contributed by atoms with Gasteiger partial charge in [-0.1, -0.05) is 12.1 Å². The van der Waals surface area contributed by atoms with Crippen LogP contribution in [0.15, 0.2) is 18.2 Å². The van der Waals surface area contributed by atoms with Crippen LogP contribution in [-0.4, -0.2) is 62.2 Å². The van der Waals surface area contributed by atoms with Gasteiger partial charge >= 0.3 is 6.09 Å². The van der Waals surface area contributed by atoms with Crippen molar-refractivity contribution in [1.29, 1.82) is 0 Å². The van der Waals surface area contributed by atoms with E-state index in [1.807, 2.05) is 25.1 Å². The summed E-state index contributed by atoms with van der Waals surface area (Å²) in [5.41, 5.74) is 1.99. The van der Waals surface area contributed by atoms with Crippen molar-refractivity contribution in [3.8, 4) is 5.75 Å². The van der Waals surface area contributed by atoms with Crippen molar-refractivity contribution in [2.45, 2.75) is 13.3 Å². The Labute approximate surface area is 130 Å². The molecule has 1 heterocycles. The third kappa shape index (κ3) is 3.69. The molecule has 0 aliphatic carbocycles. The minimum absolute atomic E-state index is 0.0779. The smallest absolute Gasteiger partial charge is 0.409 e. The SMILES string of the molecule is COC(=O)N1CCN(C(=O)Cc2ccc(OC)c(C)c2)CC1. The van der Waals surface area contributed by atoms with Gasteiger partial charge in [-0.25, -0.2) is 4.79 Å². The van der Waals surface area contributed by atoms with Gasteiger partial charge in [-0.15, -0.1) is 0 Å². The standard InChI is InChI=1S/C16H22N2O4/c1-12-10-13(4-5-14(12)21-2)11-15(19)17-6-8-18(9-7-17)16(20)22-3/h4-5,10H,6-9,11H2,1-3H3. The average Bonchev–Trinajstić information content (AvgIpc) is 2.54. The molecule has 0 N–H and O–H groups in total. The van der Waals surface area contributed by atoms with Crippen LogP contribution >= 0.6 is 0 Å². The fraction of sp³-hybridized carbons (Fsp3) is 0.500. The molecule has 1 saturated heterocycles. The minimum atomic E-state index is -0.335. The Kier molecular flexibility index (Phi) is 5.25. The summed E-state index contributed by atoms with van der Waals surface area (Å²) in [6, 6.07) is 5.77. The predicted octanol–water partition coefficient (Wildman–Crippen LogP) is 1.46. The number of ether oxygens (including phenoxy) is 2. The van der Waals surface area contributed by atoms with E-state index >= 15 is 0 Å². The molecule has 120 valence electrons. The molecule has 0 unspecified atom stereocenters. The molecule has 1 aliphatic rings. The molecule has 22 heavy (non-hydrogen) atoms. The zero-order valence-corrected chi connectivity index (χ0v) is 13.3. The van der Waals surface area contributed by atoms with E-state index in [-0.39, 0.29) is 12.0 Å². The molecule has 0 radical (unpaired) electrons. The summed E-state index contributed by atoms with van der Waals surface area (Å²) in [5.74, 6) is 0.900. The minimum Gasteiger partial charge on any atom is -0.496 e. The number of aryl methyl sites for hydroxylation is 1.